The van der Waals surface area contributed by atoms with Gasteiger partial charge < -0.3 is 19.6 Å². The van der Waals surface area contributed by atoms with E-state index in [-0.39, 0.29) is 5.75 Å². The maximum atomic E-state index is 12.2. The Morgan fingerprint density at radius 1 is 1.08 bits per heavy atom. The van der Waals surface area contributed by atoms with E-state index in [1.807, 2.05) is 0 Å². The summed E-state index contributed by atoms with van der Waals surface area (Å²) in [6.07, 6.45) is 3.22. The van der Waals surface area contributed by atoms with E-state index in [2.05, 4.69) is 14.5 Å². The van der Waals surface area contributed by atoms with Gasteiger partial charge in [-0.3, -0.25) is 0 Å². The molecule has 0 aliphatic carbocycles. The van der Waals surface area contributed by atoms with E-state index in [0.717, 1.165) is 18.7 Å². The summed E-state index contributed by atoms with van der Waals surface area (Å²) in [4.78, 5) is 4.85. The third kappa shape index (κ3) is 4.88. The molecule has 6 heteroatoms. The Morgan fingerprint density at radius 2 is 1.79 bits per heavy atom. The van der Waals surface area contributed by atoms with Gasteiger partial charge in [-0.1, -0.05) is 12.1 Å². The van der Waals surface area contributed by atoms with E-state index >= 15 is 0 Å². The molecule has 0 saturated carbocycles. The average molecular weight is 340 g/mol. The van der Waals surface area contributed by atoms with Crippen LogP contribution in [-0.4, -0.2) is 60.8 Å². The van der Waals surface area contributed by atoms with E-state index in [0.29, 0.717) is 12.5 Å². The zero-order valence-electron chi connectivity index (χ0n) is 13.9. The molecule has 2 fully saturated rings. The Balaban J connectivity index is 1.45. The van der Waals surface area contributed by atoms with Gasteiger partial charge in [-0.15, -0.1) is 0 Å². The number of alkyl halides is 2. The average Bonchev–Trinajstić information content (AvgIpc) is 3.20. The van der Waals surface area contributed by atoms with Crippen molar-refractivity contribution in [1.82, 2.24) is 9.80 Å². The van der Waals surface area contributed by atoms with Crippen molar-refractivity contribution in [2.45, 2.75) is 32.0 Å². The van der Waals surface area contributed by atoms with Crippen LogP contribution in [-0.2, 0) is 0 Å². The first kappa shape index (κ1) is 17.6. The maximum Gasteiger partial charge on any atom is 0.387 e. The Kier molecular flexibility index (Phi) is 6.03. The first-order valence-electron chi connectivity index (χ1n) is 8.77. The summed E-state index contributed by atoms with van der Waals surface area (Å²) in [5.41, 5.74) is 0.736. The minimum atomic E-state index is -2.82. The largest absolute Gasteiger partial charge is 0.435 e. The quantitative estimate of drug-likeness (QED) is 0.828. The molecule has 0 bridgehead atoms. The lowest BCUT2D eigenvalue weighted by Gasteiger charge is -2.22. The molecule has 1 aromatic rings. The number of ether oxygens (including phenoxy) is 1. The van der Waals surface area contributed by atoms with Crippen LogP contribution < -0.4 is 4.74 Å². The fourth-order valence-electron chi connectivity index (χ4n) is 3.78. The van der Waals surface area contributed by atoms with Crippen molar-refractivity contribution in [2.24, 2.45) is 5.92 Å². The predicted molar refractivity (Wildman–Crippen MR) is 88.3 cm³/mol. The molecule has 24 heavy (non-hydrogen) atoms. The van der Waals surface area contributed by atoms with Crippen LogP contribution in [0.3, 0.4) is 0 Å². The van der Waals surface area contributed by atoms with Crippen molar-refractivity contribution < 1.29 is 18.6 Å². The molecule has 1 aromatic carbocycles. The molecule has 2 saturated heterocycles. The van der Waals surface area contributed by atoms with Gasteiger partial charge in [-0.05, 0) is 62.5 Å². The van der Waals surface area contributed by atoms with Gasteiger partial charge in [0.2, 0.25) is 0 Å². The second-order valence-corrected chi connectivity index (χ2v) is 6.89. The summed E-state index contributed by atoms with van der Waals surface area (Å²) < 4.78 is 28.6. The fourth-order valence-corrected chi connectivity index (χ4v) is 3.78. The number of aliphatic hydroxyl groups excluding tert-OH is 1. The molecule has 0 aromatic heterocycles. The number of rotatable bonds is 7. The van der Waals surface area contributed by atoms with Crippen molar-refractivity contribution in [3.8, 4) is 5.75 Å². The highest BCUT2D eigenvalue weighted by molar-refractivity contribution is 5.28. The van der Waals surface area contributed by atoms with E-state index in [9.17, 15) is 13.9 Å². The molecule has 2 atom stereocenters. The normalized spacial score (nSPS) is 23.9. The second-order valence-electron chi connectivity index (χ2n) is 6.89. The van der Waals surface area contributed by atoms with Gasteiger partial charge in [0, 0.05) is 19.6 Å². The van der Waals surface area contributed by atoms with Gasteiger partial charge in [0.1, 0.15) is 5.75 Å². The zero-order chi connectivity index (χ0) is 16.9. The van der Waals surface area contributed by atoms with E-state index in [4.69, 9.17) is 0 Å². The molecular formula is C18H26F2N2O2. The molecule has 0 amide bonds. The highest BCUT2D eigenvalue weighted by atomic mass is 19.3. The lowest BCUT2D eigenvalue weighted by Crippen LogP contribution is -2.30. The minimum Gasteiger partial charge on any atom is -0.435 e. The van der Waals surface area contributed by atoms with Crippen LogP contribution in [0.5, 0.6) is 5.75 Å². The SMILES string of the molecule is OC(CN1CCC(CN2CCCC2)C1)c1ccc(OC(F)F)cc1. The van der Waals surface area contributed by atoms with Crippen molar-refractivity contribution >= 4 is 0 Å². The number of hydrogen-bond acceptors (Lipinski definition) is 4. The van der Waals surface area contributed by atoms with E-state index in [1.165, 1.54) is 51.0 Å². The standard InChI is InChI=1S/C18H26F2N2O2/c19-18(20)24-16-5-3-15(4-6-16)17(23)13-22-10-7-14(12-22)11-21-8-1-2-9-21/h3-6,14,17-18,23H,1-2,7-13H2. The van der Waals surface area contributed by atoms with Crippen LogP contribution in [0.2, 0.25) is 0 Å². The number of nitrogens with zero attached hydrogens (tertiary/aromatic N) is 2. The third-order valence-corrected chi connectivity index (χ3v) is 5.01. The Hall–Kier alpha value is -1.24. The number of hydrogen-bond donors (Lipinski definition) is 1. The number of aliphatic hydroxyl groups is 1. The van der Waals surface area contributed by atoms with Crippen LogP contribution >= 0.6 is 0 Å². The Morgan fingerprint density at radius 3 is 2.46 bits per heavy atom. The molecule has 2 aliphatic rings. The van der Waals surface area contributed by atoms with Gasteiger partial charge in [-0.2, -0.15) is 8.78 Å². The second kappa shape index (κ2) is 8.23. The lowest BCUT2D eigenvalue weighted by atomic mass is 10.1. The molecule has 1 N–H and O–H groups in total. The summed E-state index contributed by atoms with van der Waals surface area (Å²) in [6, 6.07) is 6.26. The minimum absolute atomic E-state index is 0.118. The molecule has 4 nitrogen and oxygen atoms in total. The van der Waals surface area contributed by atoms with Crippen LogP contribution in [0.4, 0.5) is 8.78 Å². The molecule has 2 aliphatic heterocycles. The number of benzene rings is 1. The monoisotopic (exact) mass is 340 g/mol. The molecule has 0 radical (unpaired) electrons. The van der Waals surface area contributed by atoms with Crippen LogP contribution in [0.15, 0.2) is 24.3 Å². The van der Waals surface area contributed by atoms with Crippen molar-refractivity contribution in [3.05, 3.63) is 29.8 Å². The molecule has 2 heterocycles. The van der Waals surface area contributed by atoms with Crippen molar-refractivity contribution in [2.75, 3.05) is 39.3 Å². The summed E-state index contributed by atoms with van der Waals surface area (Å²) in [7, 11) is 0. The maximum absolute atomic E-state index is 12.2. The summed E-state index contributed by atoms with van der Waals surface area (Å²) in [5, 5.41) is 10.4. The highest BCUT2D eigenvalue weighted by Crippen LogP contribution is 2.24. The van der Waals surface area contributed by atoms with E-state index in [1.54, 1.807) is 12.1 Å². The van der Waals surface area contributed by atoms with Crippen molar-refractivity contribution in [3.63, 3.8) is 0 Å². The zero-order valence-corrected chi connectivity index (χ0v) is 13.9. The molecule has 2 unspecified atom stereocenters. The molecule has 134 valence electrons. The molecule has 0 spiro atoms. The van der Waals surface area contributed by atoms with Crippen molar-refractivity contribution in [1.29, 1.82) is 0 Å². The van der Waals surface area contributed by atoms with Gasteiger partial charge in [0.15, 0.2) is 0 Å². The van der Waals surface area contributed by atoms with Gasteiger partial charge >= 0.3 is 6.61 Å². The highest BCUT2D eigenvalue weighted by Gasteiger charge is 2.27. The first-order valence-corrected chi connectivity index (χ1v) is 8.77. The first-order chi connectivity index (χ1) is 11.6. The molecular weight excluding hydrogens is 314 g/mol. The molecule has 3 rings (SSSR count). The summed E-state index contributed by atoms with van der Waals surface area (Å²) in [6.45, 7) is 3.44. The van der Waals surface area contributed by atoms with Crippen LogP contribution in [0.25, 0.3) is 0 Å². The van der Waals surface area contributed by atoms with E-state index < -0.39 is 12.7 Å². The fraction of sp³-hybridized carbons (Fsp3) is 0.667. The van der Waals surface area contributed by atoms with Gasteiger partial charge in [0.25, 0.3) is 0 Å². The van der Waals surface area contributed by atoms with Gasteiger partial charge in [-0.25, -0.2) is 0 Å². The third-order valence-electron chi connectivity index (χ3n) is 5.01. The smallest absolute Gasteiger partial charge is 0.387 e. The number of halogens is 2. The predicted octanol–water partition coefficient (Wildman–Crippen LogP) is 2.74. The number of β-amino-alcohol motifs (C(OH)–C–C–N with tert-alkyl or cyclic N) is 1. The Bertz CT molecular complexity index is 506. The van der Waals surface area contributed by atoms with Crippen LogP contribution in [0.1, 0.15) is 30.9 Å². The Labute approximate surface area is 142 Å². The van der Waals surface area contributed by atoms with Gasteiger partial charge in [0.05, 0.1) is 6.10 Å². The number of likely N-dealkylation sites (tertiary alicyclic amines) is 2. The topological polar surface area (TPSA) is 35.9 Å². The van der Waals surface area contributed by atoms with Crippen LogP contribution in [0, 0.1) is 5.92 Å². The lowest BCUT2D eigenvalue weighted by molar-refractivity contribution is -0.0498. The summed E-state index contributed by atoms with van der Waals surface area (Å²) in [5.74, 6) is 0.810. The summed E-state index contributed by atoms with van der Waals surface area (Å²) >= 11 is 0.